The lowest BCUT2D eigenvalue weighted by Crippen LogP contribution is -1.99. The number of aldehydes is 2. The van der Waals surface area contributed by atoms with Gasteiger partial charge in [0.2, 0.25) is 0 Å². The number of carbonyl (C=O) groups excluding carboxylic acids is 2. The van der Waals surface area contributed by atoms with Crippen LogP contribution in [0.4, 0.5) is 0 Å². The van der Waals surface area contributed by atoms with Crippen molar-refractivity contribution in [2.75, 3.05) is 7.11 Å². The second-order valence-electron chi connectivity index (χ2n) is 2.78. The van der Waals surface area contributed by atoms with Gasteiger partial charge in [-0.05, 0) is 34.5 Å². The van der Waals surface area contributed by atoms with E-state index < -0.39 is 0 Å². The van der Waals surface area contributed by atoms with Gasteiger partial charge in [-0.2, -0.15) is 0 Å². The number of halogens is 1. The lowest BCUT2D eigenvalue weighted by Gasteiger charge is -2.10. The zero-order valence-corrected chi connectivity index (χ0v) is 9.42. The van der Waals surface area contributed by atoms with Gasteiger partial charge in [-0.25, -0.2) is 0 Å². The van der Waals surface area contributed by atoms with Gasteiger partial charge < -0.3 is 4.74 Å². The molecule has 0 aliphatic heterocycles. The molecule has 0 amide bonds. The second-order valence-corrected chi connectivity index (χ2v) is 3.57. The van der Waals surface area contributed by atoms with Gasteiger partial charge in [-0.15, -0.1) is 0 Å². The first-order valence-electron chi connectivity index (χ1n) is 3.93. The molecule has 0 N–H and O–H groups in total. The van der Waals surface area contributed by atoms with E-state index in [1.165, 1.54) is 7.11 Å². The number of methoxy groups -OCH3 is 1. The maximum Gasteiger partial charge on any atom is 0.154 e. The molecule has 1 aromatic rings. The van der Waals surface area contributed by atoms with Crippen molar-refractivity contribution in [3.63, 3.8) is 0 Å². The highest BCUT2D eigenvalue weighted by atomic mass is 79.9. The maximum atomic E-state index is 10.8. The van der Waals surface area contributed by atoms with Crippen molar-refractivity contribution in [1.82, 2.24) is 0 Å². The zero-order chi connectivity index (χ0) is 10.7. The number of carbonyl (C=O) groups is 2. The van der Waals surface area contributed by atoms with Crippen LogP contribution in [0.5, 0.6) is 5.75 Å². The molecule has 0 unspecified atom stereocenters. The Bertz CT molecular complexity index is 385. The van der Waals surface area contributed by atoms with Crippen LogP contribution in [0, 0.1) is 6.92 Å². The van der Waals surface area contributed by atoms with E-state index in [1.54, 1.807) is 6.07 Å². The number of benzene rings is 1. The third kappa shape index (κ3) is 1.70. The summed E-state index contributed by atoms with van der Waals surface area (Å²) < 4.78 is 5.66. The lowest BCUT2D eigenvalue weighted by molar-refractivity contribution is 0.111. The fraction of sp³-hybridized carbons (Fsp3) is 0.200. The third-order valence-corrected chi connectivity index (χ3v) is 2.96. The van der Waals surface area contributed by atoms with Crippen LogP contribution in [-0.2, 0) is 0 Å². The number of aryl methyl sites for hydroxylation is 1. The predicted molar refractivity (Wildman–Crippen MR) is 56.2 cm³/mol. The molecule has 0 radical (unpaired) electrons. The Morgan fingerprint density at radius 2 is 2.00 bits per heavy atom. The average molecular weight is 257 g/mol. The minimum absolute atomic E-state index is 0.312. The SMILES string of the molecule is COc1c(C=O)cc(C)c(Br)c1C=O. The van der Waals surface area contributed by atoms with E-state index in [9.17, 15) is 9.59 Å². The molecule has 0 aromatic heterocycles. The lowest BCUT2D eigenvalue weighted by atomic mass is 10.1. The molecule has 0 spiro atoms. The van der Waals surface area contributed by atoms with E-state index in [0.717, 1.165) is 5.56 Å². The van der Waals surface area contributed by atoms with Crippen molar-refractivity contribution in [2.45, 2.75) is 6.92 Å². The first-order chi connectivity index (χ1) is 6.65. The van der Waals surface area contributed by atoms with E-state index in [4.69, 9.17) is 4.74 Å². The van der Waals surface area contributed by atoms with Gasteiger partial charge in [0.25, 0.3) is 0 Å². The fourth-order valence-electron chi connectivity index (χ4n) is 1.25. The molecule has 0 aliphatic carbocycles. The van der Waals surface area contributed by atoms with Crippen LogP contribution in [0.1, 0.15) is 26.3 Å². The summed E-state index contributed by atoms with van der Waals surface area (Å²) in [5, 5.41) is 0. The summed E-state index contributed by atoms with van der Waals surface area (Å²) >= 11 is 3.27. The molecule has 0 saturated heterocycles. The molecule has 0 saturated carbocycles. The first-order valence-corrected chi connectivity index (χ1v) is 4.72. The molecule has 0 aliphatic rings. The van der Waals surface area contributed by atoms with Crippen molar-refractivity contribution in [2.24, 2.45) is 0 Å². The van der Waals surface area contributed by atoms with Crippen LogP contribution in [-0.4, -0.2) is 19.7 Å². The number of rotatable bonds is 3. The Kier molecular flexibility index (Phi) is 3.41. The Hall–Kier alpha value is -1.16. The molecule has 0 bridgehead atoms. The monoisotopic (exact) mass is 256 g/mol. The van der Waals surface area contributed by atoms with E-state index in [2.05, 4.69) is 15.9 Å². The van der Waals surface area contributed by atoms with Crippen LogP contribution >= 0.6 is 15.9 Å². The Morgan fingerprint density at radius 3 is 2.43 bits per heavy atom. The topological polar surface area (TPSA) is 43.4 Å². The molecule has 4 heteroatoms. The predicted octanol–water partition coefficient (Wildman–Crippen LogP) is 2.39. The van der Waals surface area contributed by atoms with Crippen molar-refractivity contribution >= 4 is 28.5 Å². The molecule has 0 atom stereocenters. The summed E-state index contributed by atoms with van der Waals surface area (Å²) in [5.74, 6) is 0.312. The Balaban J connectivity index is 3.57. The number of hydrogen-bond acceptors (Lipinski definition) is 3. The fourth-order valence-corrected chi connectivity index (χ4v) is 1.64. The highest BCUT2D eigenvalue weighted by Crippen LogP contribution is 2.31. The minimum Gasteiger partial charge on any atom is -0.495 e. The van der Waals surface area contributed by atoms with Gasteiger partial charge in [0.1, 0.15) is 5.75 Å². The highest BCUT2D eigenvalue weighted by molar-refractivity contribution is 9.10. The van der Waals surface area contributed by atoms with Gasteiger partial charge in [-0.3, -0.25) is 9.59 Å². The van der Waals surface area contributed by atoms with Gasteiger partial charge >= 0.3 is 0 Å². The third-order valence-electron chi connectivity index (χ3n) is 1.91. The molecule has 3 nitrogen and oxygen atoms in total. The van der Waals surface area contributed by atoms with E-state index in [0.29, 0.717) is 33.9 Å². The van der Waals surface area contributed by atoms with Gasteiger partial charge in [0.15, 0.2) is 12.6 Å². The standard InChI is InChI=1S/C10H9BrO3/c1-6-3-7(4-12)10(14-2)8(5-13)9(6)11/h3-5H,1-2H3. The van der Waals surface area contributed by atoms with Crippen molar-refractivity contribution in [3.05, 3.63) is 27.2 Å². The van der Waals surface area contributed by atoms with Gasteiger partial charge in [-0.1, -0.05) is 0 Å². The van der Waals surface area contributed by atoms with Gasteiger partial charge in [0.05, 0.1) is 18.2 Å². The molecule has 1 rings (SSSR count). The molecule has 0 heterocycles. The van der Waals surface area contributed by atoms with E-state index in [1.807, 2.05) is 6.92 Å². The van der Waals surface area contributed by atoms with Crippen LogP contribution in [0.3, 0.4) is 0 Å². The average Bonchev–Trinajstić information content (AvgIpc) is 2.20. The first kappa shape index (κ1) is 10.9. The maximum absolute atomic E-state index is 10.8. The summed E-state index contributed by atoms with van der Waals surface area (Å²) in [6.07, 6.45) is 1.34. The van der Waals surface area contributed by atoms with E-state index in [-0.39, 0.29) is 0 Å². The Labute approximate surface area is 90.2 Å². The molecule has 74 valence electrons. The molecule has 1 aromatic carbocycles. The van der Waals surface area contributed by atoms with Crippen molar-refractivity contribution < 1.29 is 14.3 Å². The summed E-state index contributed by atoms with van der Waals surface area (Å²) in [6, 6.07) is 1.67. The van der Waals surface area contributed by atoms with Crippen LogP contribution in [0.2, 0.25) is 0 Å². The summed E-state index contributed by atoms with van der Waals surface area (Å²) in [6.45, 7) is 1.81. The van der Waals surface area contributed by atoms with Crippen LogP contribution in [0.25, 0.3) is 0 Å². The molecular formula is C10H9BrO3. The number of hydrogen-bond donors (Lipinski definition) is 0. The summed E-state index contributed by atoms with van der Waals surface area (Å²) in [5.41, 5.74) is 1.58. The largest absolute Gasteiger partial charge is 0.495 e. The normalized spacial score (nSPS) is 9.64. The minimum atomic E-state index is 0.312. The van der Waals surface area contributed by atoms with Gasteiger partial charge in [0, 0.05) is 4.47 Å². The molecule has 14 heavy (non-hydrogen) atoms. The van der Waals surface area contributed by atoms with Crippen LogP contribution < -0.4 is 4.74 Å². The van der Waals surface area contributed by atoms with Crippen LogP contribution in [0.15, 0.2) is 10.5 Å². The highest BCUT2D eigenvalue weighted by Gasteiger charge is 2.14. The zero-order valence-electron chi connectivity index (χ0n) is 7.83. The molecular weight excluding hydrogens is 248 g/mol. The number of ether oxygens (including phenoxy) is 1. The summed E-state index contributed by atoms with van der Waals surface area (Å²) in [4.78, 5) is 21.5. The quantitative estimate of drug-likeness (QED) is 0.781. The van der Waals surface area contributed by atoms with E-state index >= 15 is 0 Å². The molecule has 0 fully saturated rings. The Morgan fingerprint density at radius 1 is 1.36 bits per heavy atom. The second kappa shape index (κ2) is 4.37. The van der Waals surface area contributed by atoms with Crippen molar-refractivity contribution in [1.29, 1.82) is 0 Å². The van der Waals surface area contributed by atoms with Crippen molar-refractivity contribution in [3.8, 4) is 5.75 Å². The summed E-state index contributed by atoms with van der Waals surface area (Å²) in [7, 11) is 1.43. The smallest absolute Gasteiger partial charge is 0.154 e.